The molecule has 0 aromatic carbocycles. The molecule has 0 radical (unpaired) electrons. The third kappa shape index (κ3) is 3.94. The first-order valence-electron chi connectivity index (χ1n) is 6.95. The molecule has 1 amide bonds. The Labute approximate surface area is 115 Å². The van der Waals surface area contributed by atoms with E-state index in [1.165, 1.54) is 0 Å². The maximum absolute atomic E-state index is 12.7. The van der Waals surface area contributed by atoms with Crippen LogP contribution in [0.3, 0.4) is 0 Å². The van der Waals surface area contributed by atoms with Crippen LogP contribution in [0.2, 0.25) is 0 Å². The fourth-order valence-corrected chi connectivity index (χ4v) is 2.76. The zero-order chi connectivity index (χ0) is 14.8. The summed E-state index contributed by atoms with van der Waals surface area (Å²) in [5.74, 6) is -1.35. The lowest BCUT2D eigenvalue weighted by molar-refractivity contribution is -0.187. The van der Waals surface area contributed by atoms with Gasteiger partial charge in [-0.1, -0.05) is 0 Å². The molecule has 2 rings (SSSR count). The molecule has 2 heterocycles. The third-order valence-corrected chi connectivity index (χ3v) is 4.00. The van der Waals surface area contributed by atoms with Gasteiger partial charge in [-0.05, 0) is 19.4 Å². The maximum atomic E-state index is 12.7. The molecule has 1 unspecified atom stereocenters. The third-order valence-electron chi connectivity index (χ3n) is 4.00. The number of rotatable bonds is 2. The fourth-order valence-electron chi connectivity index (χ4n) is 2.76. The number of Topliss-reactive ketones (excluding diaryl/α,β-unsaturated/α-hetero) is 1. The maximum Gasteiger partial charge on any atom is 0.393 e. The molecule has 0 aromatic rings. The molecule has 2 aliphatic rings. The summed E-state index contributed by atoms with van der Waals surface area (Å²) in [6.07, 6.45) is -2.85. The summed E-state index contributed by atoms with van der Waals surface area (Å²) in [5.41, 5.74) is 0. The van der Waals surface area contributed by atoms with Crippen molar-refractivity contribution in [1.29, 1.82) is 0 Å². The second kappa shape index (κ2) is 6.11. The van der Waals surface area contributed by atoms with E-state index in [0.717, 1.165) is 0 Å². The smallest absolute Gasteiger partial charge is 0.341 e. The molecule has 2 saturated heterocycles. The van der Waals surface area contributed by atoms with Crippen LogP contribution in [0.4, 0.5) is 13.2 Å². The fraction of sp³-hybridized carbons (Fsp3) is 0.846. The summed E-state index contributed by atoms with van der Waals surface area (Å²) in [7, 11) is 0. The Balaban J connectivity index is 1.83. The van der Waals surface area contributed by atoms with Crippen molar-refractivity contribution in [2.45, 2.75) is 31.9 Å². The highest BCUT2D eigenvalue weighted by Crippen LogP contribution is 2.33. The lowest BCUT2D eigenvalue weighted by Crippen LogP contribution is -2.48. The minimum Gasteiger partial charge on any atom is -0.341 e. The van der Waals surface area contributed by atoms with Gasteiger partial charge >= 0.3 is 6.18 Å². The lowest BCUT2D eigenvalue weighted by atomic mass is 9.97. The van der Waals surface area contributed by atoms with Crippen molar-refractivity contribution < 1.29 is 22.8 Å². The van der Waals surface area contributed by atoms with Crippen LogP contribution in [-0.2, 0) is 9.59 Å². The first-order valence-corrected chi connectivity index (χ1v) is 6.95. The predicted octanol–water partition coefficient (Wildman–Crippen LogP) is 1.45. The summed E-state index contributed by atoms with van der Waals surface area (Å²) in [6, 6.07) is 0. The number of carbonyl (C=O) groups excluding carboxylic acids is 2. The highest BCUT2D eigenvalue weighted by molar-refractivity contribution is 5.84. The first-order chi connectivity index (χ1) is 9.36. The van der Waals surface area contributed by atoms with Crippen molar-refractivity contribution in [2.24, 2.45) is 5.92 Å². The molecule has 4 nitrogen and oxygen atoms in total. The Morgan fingerprint density at radius 3 is 2.45 bits per heavy atom. The topological polar surface area (TPSA) is 40.6 Å². The standard InChI is InChI=1S/C13H19F3N2O2/c14-13(15,16)10-2-1-5-17(8-10)9-12(20)18-6-3-11(19)4-7-18/h10H,1-9H2. The Morgan fingerprint density at radius 1 is 1.20 bits per heavy atom. The van der Waals surface area contributed by atoms with Gasteiger partial charge in [0.25, 0.3) is 0 Å². The minimum atomic E-state index is -4.18. The van der Waals surface area contributed by atoms with Crippen molar-refractivity contribution in [3.63, 3.8) is 0 Å². The molecular formula is C13H19F3N2O2. The average molecular weight is 292 g/mol. The van der Waals surface area contributed by atoms with Gasteiger partial charge in [-0.15, -0.1) is 0 Å². The van der Waals surface area contributed by atoms with E-state index in [4.69, 9.17) is 0 Å². The summed E-state index contributed by atoms with van der Waals surface area (Å²) >= 11 is 0. The van der Waals surface area contributed by atoms with Crippen LogP contribution in [0.1, 0.15) is 25.7 Å². The number of hydrogen-bond donors (Lipinski definition) is 0. The normalized spacial score (nSPS) is 25.9. The van der Waals surface area contributed by atoms with Crippen LogP contribution in [0.15, 0.2) is 0 Å². The van der Waals surface area contributed by atoms with E-state index in [0.29, 0.717) is 38.9 Å². The Kier molecular flexibility index (Phi) is 4.67. The molecular weight excluding hydrogens is 273 g/mol. The molecule has 0 bridgehead atoms. The SMILES string of the molecule is O=C1CCN(C(=O)CN2CCCC(C(F)(F)F)C2)CC1. The van der Waals surface area contributed by atoms with Crippen molar-refractivity contribution in [2.75, 3.05) is 32.7 Å². The van der Waals surface area contributed by atoms with Gasteiger partial charge in [0.05, 0.1) is 12.5 Å². The molecule has 114 valence electrons. The molecule has 20 heavy (non-hydrogen) atoms. The average Bonchev–Trinajstić information content (AvgIpc) is 2.38. The number of likely N-dealkylation sites (tertiary alicyclic amines) is 2. The Morgan fingerprint density at radius 2 is 1.85 bits per heavy atom. The summed E-state index contributed by atoms with van der Waals surface area (Å²) < 4.78 is 38.1. The zero-order valence-corrected chi connectivity index (χ0v) is 11.3. The lowest BCUT2D eigenvalue weighted by Gasteiger charge is -2.35. The number of ketones is 1. The van der Waals surface area contributed by atoms with E-state index in [-0.39, 0.29) is 31.2 Å². The van der Waals surface area contributed by atoms with E-state index < -0.39 is 12.1 Å². The molecule has 0 aliphatic carbocycles. The second-order valence-electron chi connectivity index (χ2n) is 5.54. The van der Waals surface area contributed by atoms with Crippen molar-refractivity contribution in [1.82, 2.24) is 9.80 Å². The molecule has 2 aliphatic heterocycles. The van der Waals surface area contributed by atoms with Crippen LogP contribution >= 0.6 is 0 Å². The molecule has 2 fully saturated rings. The zero-order valence-electron chi connectivity index (χ0n) is 11.3. The van der Waals surface area contributed by atoms with Gasteiger partial charge in [-0.25, -0.2) is 0 Å². The van der Waals surface area contributed by atoms with E-state index in [2.05, 4.69) is 0 Å². The molecule has 0 saturated carbocycles. The summed E-state index contributed by atoms with van der Waals surface area (Å²) in [6.45, 7) is 1.26. The highest BCUT2D eigenvalue weighted by atomic mass is 19.4. The van der Waals surface area contributed by atoms with Gasteiger partial charge < -0.3 is 4.90 Å². The van der Waals surface area contributed by atoms with Crippen LogP contribution in [0, 0.1) is 5.92 Å². The van der Waals surface area contributed by atoms with Gasteiger partial charge in [0.1, 0.15) is 5.78 Å². The van der Waals surface area contributed by atoms with Crippen molar-refractivity contribution >= 4 is 11.7 Å². The molecule has 0 spiro atoms. The monoisotopic (exact) mass is 292 g/mol. The number of hydrogen-bond acceptors (Lipinski definition) is 3. The van der Waals surface area contributed by atoms with Gasteiger partial charge in [0.15, 0.2) is 0 Å². The molecule has 7 heteroatoms. The Hall–Kier alpha value is -1.11. The second-order valence-corrected chi connectivity index (χ2v) is 5.54. The van der Waals surface area contributed by atoms with E-state index in [1.54, 1.807) is 9.80 Å². The predicted molar refractivity (Wildman–Crippen MR) is 66.0 cm³/mol. The highest BCUT2D eigenvalue weighted by Gasteiger charge is 2.42. The van der Waals surface area contributed by atoms with Crippen LogP contribution in [0.25, 0.3) is 0 Å². The first kappa shape index (κ1) is 15.3. The van der Waals surface area contributed by atoms with Crippen LogP contribution in [-0.4, -0.2) is 60.4 Å². The van der Waals surface area contributed by atoms with E-state index in [9.17, 15) is 22.8 Å². The molecule has 0 N–H and O–H groups in total. The number of amides is 1. The summed E-state index contributed by atoms with van der Waals surface area (Å²) in [4.78, 5) is 26.3. The van der Waals surface area contributed by atoms with Gasteiger partial charge in [-0.3, -0.25) is 14.5 Å². The molecule has 0 aromatic heterocycles. The number of nitrogens with zero attached hydrogens (tertiary/aromatic N) is 2. The van der Waals surface area contributed by atoms with Gasteiger partial charge in [-0.2, -0.15) is 13.2 Å². The van der Waals surface area contributed by atoms with Crippen LogP contribution < -0.4 is 0 Å². The van der Waals surface area contributed by atoms with Crippen molar-refractivity contribution in [3.8, 4) is 0 Å². The molecule has 1 atom stereocenters. The van der Waals surface area contributed by atoms with Gasteiger partial charge in [0, 0.05) is 32.5 Å². The number of piperidine rings is 2. The summed E-state index contributed by atoms with van der Waals surface area (Å²) in [5, 5.41) is 0. The number of alkyl halides is 3. The van der Waals surface area contributed by atoms with Crippen LogP contribution in [0.5, 0.6) is 0 Å². The largest absolute Gasteiger partial charge is 0.393 e. The number of carbonyl (C=O) groups is 2. The van der Waals surface area contributed by atoms with Crippen molar-refractivity contribution in [3.05, 3.63) is 0 Å². The van der Waals surface area contributed by atoms with E-state index in [1.807, 2.05) is 0 Å². The Bertz CT molecular complexity index is 374. The minimum absolute atomic E-state index is 0.0285. The quantitative estimate of drug-likeness (QED) is 0.773. The van der Waals surface area contributed by atoms with E-state index >= 15 is 0 Å². The number of halogens is 3. The van der Waals surface area contributed by atoms with Gasteiger partial charge in [0.2, 0.25) is 5.91 Å².